The molecule has 3 nitrogen and oxygen atoms in total. The fraction of sp³-hybridized carbons (Fsp3) is 0.583. The molecule has 0 N–H and O–H groups in total. The number of nitrogens with zero attached hydrogens (tertiary/aromatic N) is 2. The van der Waals surface area contributed by atoms with Crippen LogP contribution in [-0.4, -0.2) is 15.8 Å². The third kappa shape index (κ3) is 1.37. The van der Waals surface area contributed by atoms with Crippen molar-refractivity contribution in [3.63, 3.8) is 0 Å². The lowest BCUT2D eigenvalue weighted by Crippen LogP contribution is -2.46. The first kappa shape index (κ1) is 10.3. The van der Waals surface area contributed by atoms with Gasteiger partial charge in [-0.2, -0.15) is 0 Å². The molecule has 0 aliphatic heterocycles. The van der Waals surface area contributed by atoms with E-state index < -0.39 is 0 Å². The van der Waals surface area contributed by atoms with Crippen LogP contribution in [0.15, 0.2) is 12.4 Å². The summed E-state index contributed by atoms with van der Waals surface area (Å²) in [5.41, 5.74) is 1.75. The van der Waals surface area contributed by atoms with Gasteiger partial charge in [-0.3, -0.25) is 14.8 Å². The minimum Gasteiger partial charge on any atom is -0.299 e. The van der Waals surface area contributed by atoms with Crippen LogP contribution in [0.25, 0.3) is 0 Å². The van der Waals surface area contributed by atoms with Gasteiger partial charge in [-0.15, -0.1) is 0 Å². The summed E-state index contributed by atoms with van der Waals surface area (Å²) in [7, 11) is 0. The third-order valence-electron chi connectivity index (χ3n) is 3.78. The number of aromatic nitrogens is 2. The Morgan fingerprint density at radius 3 is 2.67 bits per heavy atom. The van der Waals surface area contributed by atoms with E-state index in [9.17, 15) is 4.79 Å². The summed E-state index contributed by atoms with van der Waals surface area (Å²) in [4.78, 5) is 20.2. The van der Waals surface area contributed by atoms with E-state index in [4.69, 9.17) is 0 Å². The van der Waals surface area contributed by atoms with E-state index in [2.05, 4.69) is 16.9 Å². The van der Waals surface area contributed by atoms with E-state index in [-0.39, 0.29) is 11.3 Å². The molecule has 1 fully saturated rings. The highest BCUT2D eigenvalue weighted by atomic mass is 16.1. The van der Waals surface area contributed by atoms with Crippen LogP contribution < -0.4 is 0 Å². The van der Waals surface area contributed by atoms with Crippen LogP contribution in [-0.2, 0) is 4.79 Å². The van der Waals surface area contributed by atoms with E-state index in [0.717, 1.165) is 17.8 Å². The predicted molar refractivity (Wildman–Crippen MR) is 57.5 cm³/mol. The molecule has 3 heteroatoms. The molecule has 1 aliphatic rings. The van der Waals surface area contributed by atoms with Gasteiger partial charge in [0, 0.05) is 30.1 Å². The minimum absolute atomic E-state index is 0.208. The van der Waals surface area contributed by atoms with Crippen LogP contribution >= 0.6 is 0 Å². The molecule has 0 aromatic carbocycles. The zero-order valence-corrected chi connectivity index (χ0v) is 9.45. The van der Waals surface area contributed by atoms with Crippen molar-refractivity contribution in [2.45, 2.75) is 39.5 Å². The molecule has 1 heterocycles. The Hall–Kier alpha value is -1.25. The van der Waals surface area contributed by atoms with Crippen LogP contribution in [0.2, 0.25) is 0 Å². The zero-order valence-electron chi connectivity index (χ0n) is 9.45. The lowest BCUT2D eigenvalue weighted by Gasteiger charge is -2.44. The van der Waals surface area contributed by atoms with Gasteiger partial charge >= 0.3 is 0 Å². The standard InChI is InChI=1S/C12H16N2O/c1-4-12(3)9(7-10(12)15)11-8(2)13-5-6-14-11/h5-6,9H,4,7H2,1-3H3. The quantitative estimate of drug-likeness (QED) is 0.742. The van der Waals surface area contributed by atoms with Crippen molar-refractivity contribution < 1.29 is 4.79 Å². The molecule has 0 amide bonds. The molecule has 1 aromatic rings. The summed E-state index contributed by atoms with van der Waals surface area (Å²) >= 11 is 0. The Balaban J connectivity index is 2.35. The number of ketones is 1. The number of hydrogen-bond donors (Lipinski definition) is 0. The molecular formula is C12H16N2O. The van der Waals surface area contributed by atoms with Crippen LogP contribution in [0.3, 0.4) is 0 Å². The molecule has 0 bridgehead atoms. The number of carbonyl (C=O) groups is 1. The van der Waals surface area contributed by atoms with Gasteiger partial charge in [-0.05, 0) is 13.3 Å². The lowest BCUT2D eigenvalue weighted by atomic mass is 9.57. The highest BCUT2D eigenvalue weighted by molar-refractivity contribution is 5.92. The average Bonchev–Trinajstić information content (AvgIpc) is 2.26. The fourth-order valence-electron chi connectivity index (χ4n) is 2.31. The topological polar surface area (TPSA) is 42.9 Å². The van der Waals surface area contributed by atoms with Crippen molar-refractivity contribution in [1.82, 2.24) is 9.97 Å². The van der Waals surface area contributed by atoms with E-state index in [1.54, 1.807) is 12.4 Å². The molecule has 0 saturated heterocycles. The highest BCUT2D eigenvalue weighted by Gasteiger charge is 2.51. The van der Waals surface area contributed by atoms with Gasteiger partial charge in [0.05, 0.1) is 11.4 Å². The van der Waals surface area contributed by atoms with Gasteiger partial charge in [0.15, 0.2) is 0 Å². The SMILES string of the molecule is CCC1(C)C(=O)CC1c1nccnc1C. The summed E-state index contributed by atoms with van der Waals surface area (Å²) in [6.07, 6.45) is 4.92. The Labute approximate surface area is 89.9 Å². The molecule has 1 aromatic heterocycles. The first-order valence-corrected chi connectivity index (χ1v) is 5.40. The van der Waals surface area contributed by atoms with Crippen LogP contribution in [0, 0.1) is 12.3 Å². The van der Waals surface area contributed by atoms with Gasteiger partial charge in [0.1, 0.15) is 5.78 Å². The Bertz CT molecular complexity index is 402. The summed E-state index contributed by atoms with van der Waals surface area (Å²) in [6, 6.07) is 0. The maximum absolute atomic E-state index is 11.6. The van der Waals surface area contributed by atoms with Crippen molar-refractivity contribution in [1.29, 1.82) is 0 Å². The first-order chi connectivity index (χ1) is 7.09. The van der Waals surface area contributed by atoms with E-state index >= 15 is 0 Å². The van der Waals surface area contributed by atoms with Gasteiger partial charge < -0.3 is 0 Å². The molecule has 2 rings (SSSR count). The molecule has 0 spiro atoms. The van der Waals surface area contributed by atoms with Crippen molar-refractivity contribution in [2.75, 3.05) is 0 Å². The van der Waals surface area contributed by atoms with Gasteiger partial charge in [-0.25, -0.2) is 0 Å². The number of Topliss-reactive ketones (excluding diaryl/α,β-unsaturated/α-hetero) is 1. The van der Waals surface area contributed by atoms with Crippen LogP contribution in [0.5, 0.6) is 0 Å². The van der Waals surface area contributed by atoms with Crippen LogP contribution in [0.4, 0.5) is 0 Å². The molecule has 15 heavy (non-hydrogen) atoms. The monoisotopic (exact) mass is 204 g/mol. The summed E-state index contributed by atoms with van der Waals surface area (Å²) < 4.78 is 0. The summed E-state index contributed by atoms with van der Waals surface area (Å²) in [6.45, 7) is 6.06. The number of hydrogen-bond acceptors (Lipinski definition) is 3. The molecule has 2 unspecified atom stereocenters. The third-order valence-corrected chi connectivity index (χ3v) is 3.78. The second-order valence-electron chi connectivity index (χ2n) is 4.48. The smallest absolute Gasteiger partial charge is 0.140 e. The fourth-order valence-corrected chi connectivity index (χ4v) is 2.31. The molecule has 1 aliphatic carbocycles. The maximum atomic E-state index is 11.6. The molecule has 1 saturated carbocycles. The second kappa shape index (κ2) is 3.40. The van der Waals surface area contributed by atoms with Crippen molar-refractivity contribution >= 4 is 5.78 Å². The zero-order chi connectivity index (χ0) is 11.1. The van der Waals surface area contributed by atoms with Crippen molar-refractivity contribution in [3.8, 4) is 0 Å². The average molecular weight is 204 g/mol. The number of rotatable bonds is 2. The predicted octanol–water partition coefficient (Wildman–Crippen LogP) is 2.26. The summed E-state index contributed by atoms with van der Waals surface area (Å²) in [5.74, 6) is 0.628. The second-order valence-corrected chi connectivity index (χ2v) is 4.48. The lowest BCUT2D eigenvalue weighted by molar-refractivity contribution is -0.139. The van der Waals surface area contributed by atoms with Gasteiger partial charge in [-0.1, -0.05) is 13.8 Å². The van der Waals surface area contributed by atoms with E-state index in [1.807, 2.05) is 13.8 Å². The largest absolute Gasteiger partial charge is 0.299 e. The van der Waals surface area contributed by atoms with Gasteiger partial charge in [0.25, 0.3) is 0 Å². The molecule has 0 radical (unpaired) electrons. The molecule has 2 atom stereocenters. The Kier molecular flexibility index (Phi) is 2.33. The molecule has 80 valence electrons. The Morgan fingerprint density at radius 1 is 1.47 bits per heavy atom. The minimum atomic E-state index is -0.208. The highest BCUT2D eigenvalue weighted by Crippen LogP contribution is 2.51. The molecular weight excluding hydrogens is 188 g/mol. The van der Waals surface area contributed by atoms with E-state index in [1.165, 1.54) is 0 Å². The maximum Gasteiger partial charge on any atom is 0.140 e. The van der Waals surface area contributed by atoms with Crippen molar-refractivity contribution in [2.24, 2.45) is 5.41 Å². The number of carbonyl (C=O) groups excluding carboxylic acids is 1. The van der Waals surface area contributed by atoms with E-state index in [0.29, 0.717) is 12.2 Å². The van der Waals surface area contributed by atoms with Crippen LogP contribution in [0.1, 0.15) is 44.0 Å². The van der Waals surface area contributed by atoms with Crippen molar-refractivity contribution in [3.05, 3.63) is 23.8 Å². The van der Waals surface area contributed by atoms with Gasteiger partial charge in [0.2, 0.25) is 0 Å². The normalized spacial score (nSPS) is 30.1. The first-order valence-electron chi connectivity index (χ1n) is 5.40. The summed E-state index contributed by atoms with van der Waals surface area (Å²) in [5, 5.41) is 0. The number of aryl methyl sites for hydroxylation is 1. The Morgan fingerprint density at radius 2 is 2.13 bits per heavy atom.